The highest BCUT2D eigenvalue weighted by molar-refractivity contribution is 5.42. The lowest BCUT2D eigenvalue weighted by Crippen LogP contribution is -2.38. The second kappa shape index (κ2) is 6.75. The molecule has 2 N–H and O–H groups in total. The minimum absolute atomic E-state index is 0.0828. The maximum Gasteiger partial charge on any atom is 0.128 e. The molecule has 1 aromatic heterocycles. The van der Waals surface area contributed by atoms with Gasteiger partial charge in [-0.3, -0.25) is 0 Å². The van der Waals surface area contributed by atoms with Gasteiger partial charge >= 0.3 is 0 Å². The third-order valence-electron chi connectivity index (χ3n) is 4.95. The molecule has 116 valence electrons. The van der Waals surface area contributed by atoms with Crippen LogP contribution in [0, 0.1) is 5.92 Å². The summed E-state index contributed by atoms with van der Waals surface area (Å²) in [4.78, 5) is 9.60. The second-order valence-corrected chi connectivity index (χ2v) is 6.67. The molecule has 1 unspecified atom stereocenters. The Kier molecular flexibility index (Phi) is 4.76. The SMILES string of the molecule is CC(N)c1ccnc(N2CCC(CN3CCCC3)CC2)c1. The van der Waals surface area contributed by atoms with E-state index in [2.05, 4.69) is 20.9 Å². The van der Waals surface area contributed by atoms with Crippen molar-refractivity contribution in [2.75, 3.05) is 37.6 Å². The molecule has 3 heterocycles. The molecule has 0 spiro atoms. The van der Waals surface area contributed by atoms with E-state index in [4.69, 9.17) is 5.73 Å². The average Bonchev–Trinajstić information content (AvgIpc) is 3.01. The van der Waals surface area contributed by atoms with Crippen molar-refractivity contribution in [3.8, 4) is 0 Å². The summed E-state index contributed by atoms with van der Waals surface area (Å²) < 4.78 is 0. The molecule has 0 bridgehead atoms. The summed E-state index contributed by atoms with van der Waals surface area (Å²) in [6.07, 6.45) is 7.27. The Hall–Kier alpha value is -1.13. The van der Waals surface area contributed by atoms with Crippen molar-refractivity contribution >= 4 is 5.82 Å². The van der Waals surface area contributed by atoms with Crippen molar-refractivity contribution in [1.82, 2.24) is 9.88 Å². The quantitative estimate of drug-likeness (QED) is 0.924. The van der Waals surface area contributed by atoms with Gasteiger partial charge in [-0.05, 0) is 69.3 Å². The standard InChI is InChI=1S/C17H28N4/c1-14(18)16-4-7-19-17(12-16)21-10-5-15(6-11-21)13-20-8-2-3-9-20/h4,7,12,14-15H,2-3,5-6,8-11,13,18H2,1H3. The molecule has 2 fully saturated rings. The first-order valence-electron chi connectivity index (χ1n) is 8.41. The number of hydrogen-bond donors (Lipinski definition) is 1. The summed E-state index contributed by atoms with van der Waals surface area (Å²) in [5.74, 6) is 1.97. The van der Waals surface area contributed by atoms with Gasteiger partial charge < -0.3 is 15.5 Å². The van der Waals surface area contributed by atoms with Crippen molar-refractivity contribution in [3.05, 3.63) is 23.9 Å². The summed E-state index contributed by atoms with van der Waals surface area (Å²) in [6.45, 7) is 8.24. The molecule has 0 aliphatic carbocycles. The van der Waals surface area contributed by atoms with Crippen LogP contribution in [0.5, 0.6) is 0 Å². The molecule has 4 nitrogen and oxygen atoms in total. The summed E-state index contributed by atoms with van der Waals surface area (Å²) in [5.41, 5.74) is 7.15. The number of rotatable bonds is 4. The fraction of sp³-hybridized carbons (Fsp3) is 0.706. The predicted molar refractivity (Wildman–Crippen MR) is 87.5 cm³/mol. The second-order valence-electron chi connectivity index (χ2n) is 6.67. The highest BCUT2D eigenvalue weighted by atomic mass is 15.2. The Morgan fingerprint density at radius 3 is 2.62 bits per heavy atom. The lowest BCUT2D eigenvalue weighted by Gasteiger charge is -2.34. The predicted octanol–water partition coefficient (Wildman–Crippen LogP) is 2.41. The van der Waals surface area contributed by atoms with Crippen LogP contribution in [0.15, 0.2) is 18.3 Å². The number of piperidine rings is 1. The molecule has 1 aromatic rings. The molecule has 21 heavy (non-hydrogen) atoms. The Balaban J connectivity index is 1.54. The maximum absolute atomic E-state index is 5.97. The van der Waals surface area contributed by atoms with E-state index in [1.54, 1.807) is 0 Å². The summed E-state index contributed by atoms with van der Waals surface area (Å²) >= 11 is 0. The zero-order chi connectivity index (χ0) is 14.7. The molecule has 0 aromatic carbocycles. The van der Waals surface area contributed by atoms with E-state index in [1.165, 1.54) is 50.9 Å². The number of aromatic nitrogens is 1. The molecule has 0 saturated carbocycles. The van der Waals surface area contributed by atoms with Crippen LogP contribution in [0.1, 0.15) is 44.2 Å². The number of pyridine rings is 1. The highest BCUT2D eigenvalue weighted by Crippen LogP contribution is 2.25. The number of nitrogens with two attached hydrogens (primary N) is 1. The van der Waals surface area contributed by atoms with Crippen molar-refractivity contribution in [1.29, 1.82) is 0 Å². The first kappa shape index (κ1) is 14.8. The first-order chi connectivity index (χ1) is 10.2. The Morgan fingerprint density at radius 2 is 1.95 bits per heavy atom. The third-order valence-corrected chi connectivity index (χ3v) is 4.95. The lowest BCUT2D eigenvalue weighted by molar-refractivity contribution is 0.249. The van der Waals surface area contributed by atoms with Crippen molar-refractivity contribution in [3.63, 3.8) is 0 Å². The van der Waals surface area contributed by atoms with Gasteiger partial charge in [0.25, 0.3) is 0 Å². The van der Waals surface area contributed by atoms with Crippen LogP contribution in [0.25, 0.3) is 0 Å². The topological polar surface area (TPSA) is 45.4 Å². The van der Waals surface area contributed by atoms with Gasteiger partial charge in [0.05, 0.1) is 0 Å². The van der Waals surface area contributed by atoms with Crippen LogP contribution in [0.4, 0.5) is 5.82 Å². The van der Waals surface area contributed by atoms with Gasteiger partial charge in [-0.1, -0.05) is 0 Å². The van der Waals surface area contributed by atoms with Gasteiger partial charge in [0.1, 0.15) is 5.82 Å². The molecule has 2 saturated heterocycles. The largest absolute Gasteiger partial charge is 0.357 e. The summed E-state index contributed by atoms with van der Waals surface area (Å²) in [7, 11) is 0. The monoisotopic (exact) mass is 288 g/mol. The number of nitrogens with zero attached hydrogens (tertiary/aromatic N) is 3. The third kappa shape index (κ3) is 3.74. The van der Waals surface area contributed by atoms with Gasteiger partial charge in [0.2, 0.25) is 0 Å². The molecule has 0 amide bonds. The van der Waals surface area contributed by atoms with Crippen molar-refractivity contribution < 1.29 is 0 Å². The van der Waals surface area contributed by atoms with Crippen LogP contribution >= 0.6 is 0 Å². The molecule has 3 rings (SSSR count). The molecule has 2 aliphatic rings. The van der Waals surface area contributed by atoms with Gasteiger partial charge in [-0.15, -0.1) is 0 Å². The van der Waals surface area contributed by atoms with Gasteiger partial charge in [-0.2, -0.15) is 0 Å². The fourth-order valence-electron chi connectivity index (χ4n) is 3.57. The van der Waals surface area contributed by atoms with E-state index in [0.29, 0.717) is 0 Å². The Morgan fingerprint density at radius 1 is 1.24 bits per heavy atom. The number of likely N-dealkylation sites (tertiary alicyclic amines) is 1. The Bertz CT molecular complexity index is 446. The van der Waals surface area contributed by atoms with Crippen LogP contribution in [-0.4, -0.2) is 42.6 Å². The van der Waals surface area contributed by atoms with Gasteiger partial charge in [0, 0.05) is 31.9 Å². The van der Waals surface area contributed by atoms with Crippen LogP contribution in [0.3, 0.4) is 0 Å². The highest BCUT2D eigenvalue weighted by Gasteiger charge is 2.23. The van der Waals surface area contributed by atoms with Gasteiger partial charge in [0.15, 0.2) is 0 Å². The molecule has 4 heteroatoms. The van der Waals surface area contributed by atoms with Crippen LogP contribution in [0.2, 0.25) is 0 Å². The van der Waals surface area contributed by atoms with E-state index in [1.807, 2.05) is 19.2 Å². The molecule has 2 aliphatic heterocycles. The minimum Gasteiger partial charge on any atom is -0.357 e. The Labute approximate surface area is 128 Å². The molecule has 1 atom stereocenters. The lowest BCUT2D eigenvalue weighted by atomic mass is 9.96. The van der Waals surface area contributed by atoms with E-state index in [0.717, 1.165) is 24.8 Å². The maximum atomic E-state index is 5.97. The molecule has 0 radical (unpaired) electrons. The van der Waals surface area contributed by atoms with Gasteiger partial charge in [-0.25, -0.2) is 4.98 Å². The number of anilines is 1. The zero-order valence-electron chi connectivity index (χ0n) is 13.2. The summed E-state index contributed by atoms with van der Waals surface area (Å²) in [5, 5.41) is 0. The zero-order valence-corrected chi connectivity index (χ0v) is 13.2. The minimum atomic E-state index is 0.0828. The van der Waals surface area contributed by atoms with Crippen LogP contribution < -0.4 is 10.6 Å². The first-order valence-corrected chi connectivity index (χ1v) is 8.41. The summed E-state index contributed by atoms with van der Waals surface area (Å²) in [6, 6.07) is 4.26. The van der Waals surface area contributed by atoms with E-state index in [-0.39, 0.29) is 6.04 Å². The smallest absolute Gasteiger partial charge is 0.128 e. The van der Waals surface area contributed by atoms with E-state index < -0.39 is 0 Å². The van der Waals surface area contributed by atoms with Crippen molar-refractivity contribution in [2.24, 2.45) is 11.7 Å². The average molecular weight is 288 g/mol. The van der Waals surface area contributed by atoms with E-state index >= 15 is 0 Å². The fourth-order valence-corrected chi connectivity index (χ4v) is 3.57. The van der Waals surface area contributed by atoms with Crippen molar-refractivity contribution in [2.45, 2.75) is 38.6 Å². The molecular weight excluding hydrogens is 260 g/mol. The normalized spacial score (nSPS) is 22.7. The number of hydrogen-bond acceptors (Lipinski definition) is 4. The van der Waals surface area contributed by atoms with E-state index in [9.17, 15) is 0 Å². The molecular formula is C17H28N4. The van der Waals surface area contributed by atoms with Crippen LogP contribution in [-0.2, 0) is 0 Å².